The maximum Gasteiger partial charge on any atom is 0.205 e. The Kier molecular flexibility index (Phi) is 6.04. The molecule has 3 heteroatoms. The first kappa shape index (κ1) is 12.7. The van der Waals surface area contributed by atoms with Crippen molar-refractivity contribution in [3.8, 4) is 0 Å². The molecular weight excluding hydrogens is 184 g/mol. The average molecular weight is 204 g/mol. The Labute approximate surface area is 84.0 Å². The third-order valence-corrected chi connectivity index (χ3v) is 2.34. The van der Waals surface area contributed by atoms with Gasteiger partial charge in [0.1, 0.15) is 6.26 Å². The smallest absolute Gasteiger partial charge is 0.205 e. The summed E-state index contributed by atoms with van der Waals surface area (Å²) in [5, 5.41) is 0. The highest BCUT2D eigenvalue weighted by Gasteiger charge is 2.04. The summed E-state index contributed by atoms with van der Waals surface area (Å²) < 4.78 is 16.1. The van der Waals surface area contributed by atoms with Gasteiger partial charge in [-0.2, -0.15) is 0 Å². The van der Waals surface area contributed by atoms with E-state index in [4.69, 9.17) is 4.18 Å². The molecule has 13 heavy (non-hydrogen) atoms. The van der Waals surface area contributed by atoms with E-state index in [0.29, 0.717) is 5.75 Å². The molecule has 0 aliphatic heterocycles. The van der Waals surface area contributed by atoms with Crippen LogP contribution in [0.1, 0.15) is 40.5 Å². The van der Waals surface area contributed by atoms with Crippen LogP contribution >= 0.6 is 0 Å². The lowest BCUT2D eigenvalue weighted by molar-refractivity contribution is 0.474. The fourth-order valence-electron chi connectivity index (χ4n) is 0.604. The summed E-state index contributed by atoms with van der Waals surface area (Å²) in [5.74, 6) is 0.630. The normalized spacial score (nSPS) is 14.8. The number of unbranched alkanes of at least 4 members (excludes halogenated alkanes) is 1. The van der Waals surface area contributed by atoms with Crippen molar-refractivity contribution in [2.45, 2.75) is 40.5 Å². The van der Waals surface area contributed by atoms with E-state index in [1.165, 1.54) is 0 Å². The van der Waals surface area contributed by atoms with Crippen LogP contribution in [0.4, 0.5) is 0 Å². The zero-order valence-electron chi connectivity index (χ0n) is 9.00. The van der Waals surface area contributed by atoms with Gasteiger partial charge in [0.15, 0.2) is 0 Å². The van der Waals surface area contributed by atoms with Gasteiger partial charge < -0.3 is 4.18 Å². The molecule has 1 unspecified atom stereocenters. The van der Waals surface area contributed by atoms with Gasteiger partial charge in [-0.3, -0.25) is 0 Å². The van der Waals surface area contributed by atoms with Gasteiger partial charge in [0.25, 0.3) is 0 Å². The van der Waals surface area contributed by atoms with Crippen LogP contribution in [0.2, 0.25) is 0 Å². The monoisotopic (exact) mass is 204 g/mol. The number of hydrogen-bond acceptors (Lipinski definition) is 2. The van der Waals surface area contributed by atoms with Gasteiger partial charge in [-0.15, -0.1) is 0 Å². The molecule has 0 amide bonds. The number of rotatable bonds is 5. The fourth-order valence-corrected chi connectivity index (χ4v) is 1.40. The van der Waals surface area contributed by atoms with E-state index in [1.54, 1.807) is 6.26 Å². The van der Waals surface area contributed by atoms with Crippen LogP contribution < -0.4 is 0 Å². The van der Waals surface area contributed by atoms with E-state index in [2.05, 4.69) is 27.7 Å². The van der Waals surface area contributed by atoms with Gasteiger partial charge in [-0.05, 0) is 17.9 Å². The summed E-state index contributed by atoms with van der Waals surface area (Å²) in [4.78, 5) is 0. The quantitative estimate of drug-likeness (QED) is 0.643. The molecule has 0 bridgehead atoms. The highest BCUT2D eigenvalue weighted by Crippen LogP contribution is 2.14. The van der Waals surface area contributed by atoms with Gasteiger partial charge in [-0.25, -0.2) is 4.21 Å². The highest BCUT2D eigenvalue weighted by molar-refractivity contribution is 7.80. The summed E-state index contributed by atoms with van der Waals surface area (Å²) in [5.41, 5.74) is 0.0922. The van der Waals surface area contributed by atoms with Crippen LogP contribution in [-0.2, 0) is 15.3 Å². The summed E-state index contributed by atoms with van der Waals surface area (Å²) in [7, 11) is 0. The maximum atomic E-state index is 11.1. The van der Waals surface area contributed by atoms with Crippen molar-refractivity contribution in [1.29, 1.82) is 0 Å². The van der Waals surface area contributed by atoms with Crippen LogP contribution in [0.25, 0.3) is 0 Å². The Morgan fingerprint density at radius 1 is 1.38 bits per heavy atom. The van der Waals surface area contributed by atoms with Crippen molar-refractivity contribution in [2.24, 2.45) is 5.41 Å². The summed E-state index contributed by atoms with van der Waals surface area (Å²) in [6.45, 7) is 8.29. The molecule has 0 saturated heterocycles. The van der Waals surface area contributed by atoms with E-state index in [-0.39, 0.29) is 5.41 Å². The summed E-state index contributed by atoms with van der Waals surface area (Å²) in [6, 6.07) is 0. The summed E-state index contributed by atoms with van der Waals surface area (Å²) >= 11 is -1.14. The molecule has 0 aromatic carbocycles. The zero-order chi connectivity index (χ0) is 10.3. The van der Waals surface area contributed by atoms with Crippen LogP contribution in [-0.4, -0.2) is 9.96 Å². The third-order valence-electron chi connectivity index (χ3n) is 1.40. The third kappa shape index (κ3) is 9.61. The Bertz CT molecular complexity index is 180. The minimum absolute atomic E-state index is 0.0922. The molecule has 0 aliphatic rings. The molecule has 0 aromatic heterocycles. The Morgan fingerprint density at radius 2 is 2.00 bits per heavy atom. The minimum Gasteiger partial charge on any atom is -0.409 e. The zero-order valence-corrected chi connectivity index (χ0v) is 9.82. The van der Waals surface area contributed by atoms with Gasteiger partial charge in [0.2, 0.25) is 11.1 Å². The fraction of sp³-hybridized carbons (Fsp3) is 0.800. The molecule has 2 nitrogen and oxygen atoms in total. The molecule has 0 fully saturated rings. The van der Waals surface area contributed by atoms with E-state index < -0.39 is 11.1 Å². The van der Waals surface area contributed by atoms with Crippen molar-refractivity contribution in [1.82, 2.24) is 0 Å². The lowest BCUT2D eigenvalue weighted by atomic mass is 9.98. The first-order chi connectivity index (χ1) is 5.95. The Morgan fingerprint density at radius 3 is 2.46 bits per heavy atom. The van der Waals surface area contributed by atoms with Gasteiger partial charge >= 0.3 is 0 Å². The number of allylic oxidation sites excluding steroid dienone is 1. The lowest BCUT2D eigenvalue weighted by Gasteiger charge is -2.10. The molecule has 0 heterocycles. The molecule has 78 valence electrons. The standard InChI is InChI=1S/C10H20O2S/c1-5-6-9-13(11)12-8-7-10(2,3)4/h7-8H,5-6,9H2,1-4H3/b8-7+. The molecule has 0 aliphatic carbocycles. The van der Waals surface area contributed by atoms with Crippen molar-refractivity contribution >= 4 is 11.1 Å². The molecular formula is C10H20O2S. The largest absolute Gasteiger partial charge is 0.409 e. The number of hydrogen-bond donors (Lipinski definition) is 0. The second-order valence-electron chi connectivity index (χ2n) is 4.13. The lowest BCUT2D eigenvalue weighted by Crippen LogP contribution is -2.01. The topological polar surface area (TPSA) is 26.3 Å². The van der Waals surface area contributed by atoms with Gasteiger partial charge in [0, 0.05) is 0 Å². The molecule has 1 atom stereocenters. The predicted molar refractivity (Wildman–Crippen MR) is 57.6 cm³/mol. The summed E-state index contributed by atoms with van der Waals surface area (Å²) in [6.07, 6.45) is 5.47. The van der Waals surface area contributed by atoms with E-state index in [1.807, 2.05) is 6.08 Å². The van der Waals surface area contributed by atoms with Gasteiger partial charge in [0.05, 0.1) is 5.75 Å². The highest BCUT2D eigenvalue weighted by atomic mass is 32.2. The van der Waals surface area contributed by atoms with Gasteiger partial charge in [-0.1, -0.05) is 34.1 Å². The van der Waals surface area contributed by atoms with Crippen molar-refractivity contribution < 1.29 is 8.39 Å². The first-order valence-electron chi connectivity index (χ1n) is 4.69. The average Bonchev–Trinajstić information content (AvgIpc) is 1.98. The second kappa shape index (κ2) is 6.19. The van der Waals surface area contributed by atoms with E-state index in [9.17, 15) is 4.21 Å². The van der Waals surface area contributed by atoms with Crippen molar-refractivity contribution in [3.63, 3.8) is 0 Å². The predicted octanol–water partition coefficient (Wildman–Crippen LogP) is 3.03. The van der Waals surface area contributed by atoms with E-state index in [0.717, 1.165) is 12.8 Å². The minimum atomic E-state index is -1.14. The van der Waals surface area contributed by atoms with Crippen LogP contribution in [0.5, 0.6) is 0 Å². The Balaban J connectivity index is 3.64. The molecule has 0 radical (unpaired) electrons. The molecule has 0 rings (SSSR count). The molecule has 0 N–H and O–H groups in total. The molecule has 0 spiro atoms. The first-order valence-corrected chi connectivity index (χ1v) is 5.93. The van der Waals surface area contributed by atoms with Crippen LogP contribution in [0, 0.1) is 5.41 Å². The SMILES string of the molecule is CCCCS(=O)O/C=C/C(C)(C)C. The van der Waals surface area contributed by atoms with Crippen molar-refractivity contribution in [3.05, 3.63) is 12.3 Å². The van der Waals surface area contributed by atoms with E-state index >= 15 is 0 Å². The van der Waals surface area contributed by atoms with Crippen molar-refractivity contribution in [2.75, 3.05) is 5.75 Å². The van der Waals surface area contributed by atoms with Crippen LogP contribution in [0.3, 0.4) is 0 Å². The molecule has 0 aromatic rings. The molecule has 0 saturated carbocycles. The van der Waals surface area contributed by atoms with Crippen LogP contribution in [0.15, 0.2) is 12.3 Å². The Hall–Kier alpha value is -0.310. The maximum absolute atomic E-state index is 11.1. The second-order valence-corrected chi connectivity index (χ2v) is 5.33.